The van der Waals surface area contributed by atoms with E-state index in [9.17, 15) is 9.59 Å². The van der Waals surface area contributed by atoms with E-state index in [-0.39, 0.29) is 17.9 Å². The molecule has 178 valence electrons. The van der Waals surface area contributed by atoms with Crippen molar-refractivity contribution in [1.29, 1.82) is 0 Å². The molecule has 0 spiro atoms. The molecule has 0 bridgehead atoms. The van der Waals surface area contributed by atoms with Gasteiger partial charge < -0.3 is 19.7 Å². The summed E-state index contributed by atoms with van der Waals surface area (Å²) >= 11 is 0. The average molecular weight is 461 g/mol. The first-order valence-electron chi connectivity index (χ1n) is 11.3. The average Bonchev–Trinajstić information content (AvgIpc) is 2.85. The molecule has 0 aromatic heterocycles. The number of benzene rings is 3. The molecule has 0 aliphatic rings. The van der Waals surface area contributed by atoms with Crippen molar-refractivity contribution in [1.82, 2.24) is 4.90 Å². The number of ether oxygens (including phenoxy) is 2. The molecule has 1 atom stereocenters. The Kier molecular flexibility index (Phi) is 8.68. The Morgan fingerprint density at radius 2 is 1.62 bits per heavy atom. The lowest BCUT2D eigenvalue weighted by atomic mass is 10.0. The number of methoxy groups -OCH3 is 2. The Morgan fingerprint density at radius 3 is 2.29 bits per heavy atom. The lowest BCUT2D eigenvalue weighted by Crippen LogP contribution is -2.33. The van der Waals surface area contributed by atoms with Gasteiger partial charge in [0.1, 0.15) is 0 Å². The van der Waals surface area contributed by atoms with Gasteiger partial charge in [0.2, 0.25) is 11.8 Å². The minimum Gasteiger partial charge on any atom is -0.493 e. The van der Waals surface area contributed by atoms with E-state index < -0.39 is 0 Å². The number of carbonyl (C=O) groups is 2. The van der Waals surface area contributed by atoms with Gasteiger partial charge in [-0.2, -0.15) is 0 Å². The van der Waals surface area contributed by atoms with Crippen LogP contribution in [0.15, 0.2) is 72.8 Å². The second-order valence-electron chi connectivity index (χ2n) is 8.18. The lowest BCUT2D eigenvalue weighted by Gasteiger charge is -2.30. The van der Waals surface area contributed by atoms with Crippen LogP contribution < -0.4 is 14.8 Å². The Hall–Kier alpha value is -3.80. The van der Waals surface area contributed by atoms with Gasteiger partial charge >= 0.3 is 0 Å². The van der Waals surface area contributed by atoms with Crippen LogP contribution in [0.3, 0.4) is 0 Å². The third kappa shape index (κ3) is 6.61. The van der Waals surface area contributed by atoms with E-state index in [0.29, 0.717) is 36.6 Å². The molecule has 3 aromatic rings. The molecule has 1 N–H and O–H groups in total. The van der Waals surface area contributed by atoms with Crippen LogP contribution in [-0.4, -0.2) is 30.9 Å². The summed E-state index contributed by atoms with van der Waals surface area (Å²) in [6.07, 6.45) is 0.946. The molecule has 6 heteroatoms. The molecule has 0 saturated carbocycles. The third-order valence-corrected chi connectivity index (χ3v) is 5.75. The number of carbonyl (C=O) groups excluding carboxylic acids is 2. The number of nitrogens with one attached hydrogen (secondary N) is 1. The van der Waals surface area contributed by atoms with Gasteiger partial charge in [0.25, 0.3) is 0 Å². The van der Waals surface area contributed by atoms with E-state index >= 15 is 0 Å². The zero-order valence-electron chi connectivity index (χ0n) is 20.2. The molecule has 3 rings (SSSR count). The minimum atomic E-state index is -0.174. The van der Waals surface area contributed by atoms with E-state index in [0.717, 1.165) is 16.7 Å². The molecule has 0 aliphatic heterocycles. The van der Waals surface area contributed by atoms with Crippen LogP contribution in [0.25, 0.3) is 0 Å². The van der Waals surface area contributed by atoms with Gasteiger partial charge in [0.05, 0.1) is 20.3 Å². The quantitative estimate of drug-likeness (QED) is 0.441. The number of hydrogen-bond donors (Lipinski definition) is 1. The molecule has 1 unspecified atom stereocenters. The van der Waals surface area contributed by atoms with Gasteiger partial charge in [-0.1, -0.05) is 48.5 Å². The number of rotatable bonds is 10. The number of aryl methyl sites for hydroxylation is 1. The molecule has 0 fully saturated rings. The molecule has 3 aromatic carbocycles. The Bertz CT molecular complexity index is 1110. The van der Waals surface area contributed by atoms with Gasteiger partial charge in [-0.15, -0.1) is 0 Å². The van der Waals surface area contributed by atoms with Crippen LogP contribution in [0.4, 0.5) is 5.69 Å². The van der Waals surface area contributed by atoms with Crippen LogP contribution in [0, 0.1) is 0 Å². The topological polar surface area (TPSA) is 67.9 Å². The summed E-state index contributed by atoms with van der Waals surface area (Å²) in [5.41, 5.74) is 3.74. The highest BCUT2D eigenvalue weighted by molar-refractivity contribution is 5.88. The first-order valence-corrected chi connectivity index (χ1v) is 11.3. The predicted molar refractivity (Wildman–Crippen MR) is 134 cm³/mol. The van der Waals surface area contributed by atoms with Crippen molar-refractivity contribution >= 4 is 17.5 Å². The van der Waals surface area contributed by atoms with Crippen molar-refractivity contribution in [3.63, 3.8) is 0 Å². The van der Waals surface area contributed by atoms with Gasteiger partial charge in [-0.3, -0.25) is 9.59 Å². The van der Waals surface area contributed by atoms with Crippen molar-refractivity contribution in [2.75, 3.05) is 19.5 Å². The van der Waals surface area contributed by atoms with E-state index in [1.54, 1.807) is 14.2 Å². The lowest BCUT2D eigenvalue weighted by molar-refractivity contribution is -0.134. The zero-order chi connectivity index (χ0) is 24.5. The minimum absolute atomic E-state index is 0.0519. The van der Waals surface area contributed by atoms with Crippen molar-refractivity contribution in [2.24, 2.45) is 0 Å². The summed E-state index contributed by atoms with van der Waals surface area (Å²) in [5, 5.41) is 2.82. The van der Waals surface area contributed by atoms with Crippen LogP contribution in [0.1, 0.15) is 43.0 Å². The van der Waals surface area contributed by atoms with Gasteiger partial charge in [0.15, 0.2) is 11.5 Å². The number of anilines is 1. The van der Waals surface area contributed by atoms with Crippen molar-refractivity contribution < 1.29 is 19.1 Å². The fourth-order valence-electron chi connectivity index (χ4n) is 3.91. The van der Waals surface area contributed by atoms with Crippen molar-refractivity contribution in [2.45, 2.75) is 39.3 Å². The van der Waals surface area contributed by atoms with E-state index in [4.69, 9.17) is 9.47 Å². The molecule has 0 heterocycles. The Labute approximate surface area is 201 Å². The monoisotopic (exact) mass is 460 g/mol. The summed E-state index contributed by atoms with van der Waals surface area (Å²) in [6.45, 7) is 4.00. The van der Waals surface area contributed by atoms with Crippen molar-refractivity contribution in [3.05, 3.63) is 89.5 Å². The molecule has 2 amide bonds. The van der Waals surface area contributed by atoms with Crippen molar-refractivity contribution in [3.8, 4) is 11.5 Å². The number of amides is 2. The first-order chi connectivity index (χ1) is 16.4. The van der Waals surface area contributed by atoms with E-state index in [2.05, 4.69) is 5.32 Å². The fraction of sp³-hybridized carbons (Fsp3) is 0.286. The van der Waals surface area contributed by atoms with Crippen LogP contribution in [-0.2, 0) is 22.6 Å². The maximum atomic E-state index is 13.5. The second kappa shape index (κ2) is 11.9. The summed E-state index contributed by atoms with van der Waals surface area (Å²) in [4.78, 5) is 26.9. The van der Waals surface area contributed by atoms with Crippen LogP contribution in [0.2, 0.25) is 0 Å². The predicted octanol–water partition coefficient (Wildman–Crippen LogP) is 5.38. The maximum Gasteiger partial charge on any atom is 0.223 e. The number of hydrogen-bond acceptors (Lipinski definition) is 4. The number of nitrogens with zero attached hydrogens (tertiary/aromatic N) is 1. The molecule has 0 aliphatic carbocycles. The molecule has 6 nitrogen and oxygen atoms in total. The molecular weight excluding hydrogens is 428 g/mol. The molecular formula is C28H32N2O4. The summed E-state index contributed by atoms with van der Waals surface area (Å²) in [6, 6.07) is 23.2. The highest BCUT2D eigenvalue weighted by atomic mass is 16.5. The Morgan fingerprint density at radius 1 is 0.882 bits per heavy atom. The molecule has 34 heavy (non-hydrogen) atoms. The highest BCUT2D eigenvalue weighted by Crippen LogP contribution is 2.29. The van der Waals surface area contributed by atoms with Crippen LogP contribution in [0.5, 0.6) is 11.5 Å². The molecule has 0 saturated heterocycles. The summed E-state index contributed by atoms with van der Waals surface area (Å²) in [5.74, 6) is 1.24. The standard InChI is InChI=1S/C28H32N2O4/c1-20(24-11-8-12-25(18-24)29-21(2)31)30(19-23-9-6-5-7-10-23)28(32)16-14-22-13-15-26(33-3)27(17-22)34-4/h5-13,15,17-18,20H,14,16,19H2,1-4H3,(H,29,31). The van der Waals surface area contributed by atoms with Crippen LogP contribution >= 0.6 is 0 Å². The van der Waals surface area contributed by atoms with Gasteiger partial charge in [-0.25, -0.2) is 0 Å². The summed E-state index contributed by atoms with van der Waals surface area (Å²) in [7, 11) is 3.20. The normalized spacial score (nSPS) is 11.4. The smallest absolute Gasteiger partial charge is 0.223 e. The summed E-state index contributed by atoms with van der Waals surface area (Å²) < 4.78 is 10.7. The SMILES string of the molecule is COc1ccc(CCC(=O)N(Cc2ccccc2)C(C)c2cccc(NC(C)=O)c2)cc1OC. The maximum absolute atomic E-state index is 13.5. The van der Waals surface area contributed by atoms with E-state index in [1.807, 2.05) is 84.6 Å². The Balaban J connectivity index is 1.81. The van der Waals surface area contributed by atoms with Gasteiger partial charge in [-0.05, 0) is 54.3 Å². The third-order valence-electron chi connectivity index (χ3n) is 5.75. The first kappa shape index (κ1) is 24.8. The molecule has 0 radical (unpaired) electrons. The fourth-order valence-corrected chi connectivity index (χ4v) is 3.91. The highest BCUT2D eigenvalue weighted by Gasteiger charge is 2.22. The zero-order valence-corrected chi connectivity index (χ0v) is 20.2. The van der Waals surface area contributed by atoms with Gasteiger partial charge in [0, 0.05) is 25.6 Å². The largest absolute Gasteiger partial charge is 0.493 e. The second-order valence-corrected chi connectivity index (χ2v) is 8.18. The van der Waals surface area contributed by atoms with E-state index in [1.165, 1.54) is 6.92 Å².